The monoisotopic (exact) mass is 1050 g/mol. The maximum Gasteiger partial charge on any atom is 0.293 e. The molecule has 6 aromatic rings. The van der Waals surface area contributed by atoms with Crippen molar-refractivity contribution in [2.24, 2.45) is 5.41 Å². The number of aromatic amines is 1. The van der Waals surface area contributed by atoms with Gasteiger partial charge in [-0.2, -0.15) is 0 Å². The number of nitrogens with zero attached hydrogens (tertiary/aromatic N) is 6. The van der Waals surface area contributed by atoms with Gasteiger partial charge in [0.05, 0.1) is 39.8 Å². The lowest BCUT2D eigenvalue weighted by Gasteiger charge is -2.58. The van der Waals surface area contributed by atoms with Crippen molar-refractivity contribution in [1.82, 2.24) is 29.5 Å². The van der Waals surface area contributed by atoms with E-state index >= 15 is 8.78 Å². The van der Waals surface area contributed by atoms with Crippen molar-refractivity contribution in [1.29, 1.82) is 0 Å². The Morgan fingerprint density at radius 3 is 2.45 bits per heavy atom. The topological polar surface area (TPSA) is 197 Å². The Morgan fingerprint density at radius 1 is 0.960 bits per heavy atom. The third kappa shape index (κ3) is 11.0. The molecule has 0 bridgehead atoms. The molecule has 4 aliphatic rings. The van der Waals surface area contributed by atoms with E-state index in [2.05, 4.69) is 74.2 Å². The first-order valence-corrected chi connectivity index (χ1v) is 26.8. The number of hydrogen-bond donors (Lipinski definition) is 3. The molecule has 1 aliphatic carbocycles. The molecule has 21 heteroatoms. The molecule has 3 aromatic carbocycles. The van der Waals surface area contributed by atoms with Crippen LogP contribution < -0.4 is 24.4 Å². The fraction of sp³-hybridized carbons (Fsp3) is 0.426. The maximum absolute atomic E-state index is 16.6. The van der Waals surface area contributed by atoms with E-state index in [0.29, 0.717) is 30.9 Å². The van der Waals surface area contributed by atoms with Crippen LogP contribution in [0.3, 0.4) is 0 Å². The average molecular weight is 1050 g/mol. The minimum atomic E-state index is -4.84. The van der Waals surface area contributed by atoms with Crippen molar-refractivity contribution >= 4 is 44.0 Å². The molecule has 0 unspecified atom stereocenters. The van der Waals surface area contributed by atoms with Gasteiger partial charge in [0, 0.05) is 115 Å². The number of aromatic nitrogens is 3. The van der Waals surface area contributed by atoms with Gasteiger partial charge in [-0.05, 0) is 78.0 Å². The van der Waals surface area contributed by atoms with Gasteiger partial charge in [-0.25, -0.2) is 36.3 Å². The van der Waals surface area contributed by atoms with Crippen LogP contribution in [0.25, 0.3) is 11.0 Å². The molecular weight excluding hydrogens is 992 g/mol. The lowest BCUT2D eigenvalue weighted by atomic mass is 9.59. The molecule has 3 aromatic heterocycles. The summed E-state index contributed by atoms with van der Waals surface area (Å²) in [6.45, 7) is 9.04. The fourth-order valence-electron chi connectivity index (χ4n) is 11.3. The zero-order valence-electron chi connectivity index (χ0n) is 42.0. The van der Waals surface area contributed by atoms with E-state index in [1.807, 2.05) is 21.9 Å². The van der Waals surface area contributed by atoms with E-state index in [1.165, 1.54) is 29.5 Å². The second-order valence-electron chi connectivity index (χ2n) is 20.6. The minimum absolute atomic E-state index is 0.0176. The number of pyridine rings is 2. The number of carbonyl (C=O) groups is 1. The summed E-state index contributed by atoms with van der Waals surface area (Å²) < 4.78 is 92.7. The average Bonchev–Trinajstić information content (AvgIpc) is 3.77. The number of anilines is 2. The highest BCUT2D eigenvalue weighted by molar-refractivity contribution is 7.90. The second-order valence-corrected chi connectivity index (χ2v) is 22.3. The number of ether oxygens (including phenoxy) is 3. The summed E-state index contributed by atoms with van der Waals surface area (Å²) in [7, 11) is -3.23. The van der Waals surface area contributed by atoms with Crippen LogP contribution in [-0.4, -0.2) is 115 Å². The molecule has 3 aliphatic heterocycles. The van der Waals surface area contributed by atoms with Crippen LogP contribution in [0.5, 0.6) is 17.4 Å². The van der Waals surface area contributed by atoms with Gasteiger partial charge in [-0.3, -0.25) is 24.7 Å². The van der Waals surface area contributed by atoms with E-state index in [4.69, 9.17) is 14.2 Å². The largest absolute Gasteiger partial charge is 0.481 e. The van der Waals surface area contributed by atoms with Crippen molar-refractivity contribution in [2.75, 3.05) is 69.8 Å². The van der Waals surface area contributed by atoms with Crippen molar-refractivity contribution in [3.05, 3.63) is 135 Å². The number of amides is 1. The third-order valence-electron chi connectivity index (χ3n) is 15.5. The van der Waals surface area contributed by atoms with Crippen LogP contribution in [0.15, 0.2) is 96.3 Å². The molecule has 6 heterocycles. The number of methoxy groups -OCH3 is 1. The molecule has 3 N–H and O–H groups in total. The number of nitro benzene ring substituents is 1. The zero-order chi connectivity index (χ0) is 52.6. The normalized spacial score (nSPS) is 19.2. The van der Waals surface area contributed by atoms with E-state index in [1.54, 1.807) is 7.11 Å². The Kier molecular flexibility index (Phi) is 14.5. The molecule has 1 amide bonds. The summed E-state index contributed by atoms with van der Waals surface area (Å²) in [6, 6.07) is 19.7. The number of halogens is 3. The van der Waals surface area contributed by atoms with Gasteiger partial charge in [0.1, 0.15) is 40.1 Å². The maximum atomic E-state index is 16.6. The van der Waals surface area contributed by atoms with Crippen LogP contribution in [0, 0.1) is 27.2 Å². The molecule has 3 saturated heterocycles. The number of nitro groups is 1. The highest BCUT2D eigenvalue weighted by Crippen LogP contribution is 2.54. The first kappa shape index (κ1) is 51.7. The van der Waals surface area contributed by atoms with Gasteiger partial charge in [0.25, 0.3) is 21.6 Å². The number of carbonyl (C=O) groups excluding carboxylic acids is 1. The molecule has 10 rings (SSSR count). The predicted molar refractivity (Wildman–Crippen MR) is 276 cm³/mol. The number of rotatable bonds is 16. The van der Waals surface area contributed by atoms with Crippen LogP contribution in [0.1, 0.15) is 91.4 Å². The number of sulfonamides is 1. The van der Waals surface area contributed by atoms with Crippen LogP contribution >= 0.6 is 0 Å². The van der Waals surface area contributed by atoms with Crippen molar-refractivity contribution < 1.29 is 45.5 Å². The number of alkyl halides is 1. The molecular formula is C54H60F3N9O8S. The van der Waals surface area contributed by atoms with Crippen LogP contribution in [0.4, 0.5) is 30.2 Å². The van der Waals surface area contributed by atoms with Gasteiger partial charge in [0.15, 0.2) is 0 Å². The van der Waals surface area contributed by atoms with E-state index in [9.17, 15) is 27.7 Å². The van der Waals surface area contributed by atoms with Crippen molar-refractivity contribution in [2.45, 2.75) is 87.5 Å². The second kappa shape index (κ2) is 21.1. The van der Waals surface area contributed by atoms with Gasteiger partial charge in [0.2, 0.25) is 5.88 Å². The zero-order valence-corrected chi connectivity index (χ0v) is 42.8. The lowest BCUT2D eigenvalue weighted by molar-refractivity contribution is -0.384. The standard InChI is InChI=1S/C54H60F3N9O8S/c1-34(2)39-6-4-5-7-40(39)48-32-63(31-35-8-11-50(72-3)58-28-35)18-19-65(48)36-26-53(27-36)12-16-64(17-13-53)46-25-49(74-37-22-41-44(56)30-60-51(41)59-29-37)42(24-43(46)55)52(67)62-75(70,71)38-9-10-45(47(23-38)66(68)69)61-33-54(57)14-20-73-21-15-54/h4-11,22-25,28-30,34,36,48,61H,12-21,26-27,31-33H2,1-3H3,(H,59,60)(H,62,67)/t48-/m0/s1. The Hall–Kier alpha value is -6.81. The molecule has 396 valence electrons. The first-order valence-electron chi connectivity index (χ1n) is 25.3. The van der Waals surface area contributed by atoms with Crippen LogP contribution in [0.2, 0.25) is 0 Å². The number of fused-ring (bicyclic) bond motifs is 1. The first-order chi connectivity index (χ1) is 36.0. The molecule has 1 spiro atoms. The number of H-pyrrole nitrogens is 1. The summed E-state index contributed by atoms with van der Waals surface area (Å²) in [5.74, 6) is -2.05. The fourth-order valence-corrected chi connectivity index (χ4v) is 12.3. The number of nitrogens with one attached hydrogen (secondary N) is 3. The van der Waals surface area contributed by atoms with E-state index in [0.717, 1.165) is 87.9 Å². The predicted octanol–water partition coefficient (Wildman–Crippen LogP) is 9.43. The van der Waals surface area contributed by atoms with Crippen LogP contribution in [-0.2, 0) is 21.3 Å². The summed E-state index contributed by atoms with van der Waals surface area (Å²) >= 11 is 0. The highest BCUT2D eigenvalue weighted by atomic mass is 32.2. The molecule has 1 saturated carbocycles. The molecule has 75 heavy (non-hydrogen) atoms. The molecule has 4 fully saturated rings. The molecule has 17 nitrogen and oxygen atoms in total. The number of piperidine rings is 1. The quantitative estimate of drug-likeness (QED) is 0.0612. The van der Waals surface area contributed by atoms with Gasteiger partial charge < -0.3 is 29.4 Å². The Balaban J connectivity index is 0.859. The van der Waals surface area contributed by atoms with E-state index < -0.39 is 54.3 Å². The van der Waals surface area contributed by atoms with Gasteiger partial charge in [-0.1, -0.05) is 44.2 Å². The van der Waals surface area contributed by atoms with E-state index in [-0.39, 0.29) is 78.0 Å². The summed E-state index contributed by atoms with van der Waals surface area (Å²) in [5, 5.41) is 15.0. The molecule has 1 atom stereocenters. The minimum Gasteiger partial charge on any atom is -0.481 e. The molecule has 0 radical (unpaired) electrons. The Labute approximate surface area is 433 Å². The smallest absolute Gasteiger partial charge is 0.293 e. The van der Waals surface area contributed by atoms with Gasteiger partial charge >= 0.3 is 0 Å². The van der Waals surface area contributed by atoms with Crippen molar-refractivity contribution in [3.8, 4) is 17.4 Å². The summed E-state index contributed by atoms with van der Waals surface area (Å²) in [6.07, 6.45) is 8.00. The SMILES string of the molecule is COc1ccc(CN2CCN(C3CC4(CCN(c5cc(Oc6cnc7[nH]cc(F)c7c6)c(C(=O)NS(=O)(=O)c6ccc(NCC7(F)CCOCC7)c([N+](=O)[O-])c6)cc5F)CC4)C3)[C@H](c3ccccc3C(C)C)C2)cn1. The Bertz CT molecular complexity index is 3190. The Morgan fingerprint density at radius 2 is 1.73 bits per heavy atom. The highest BCUT2D eigenvalue weighted by Gasteiger charge is 2.50. The summed E-state index contributed by atoms with van der Waals surface area (Å²) in [5.41, 5.74) is 1.22. The number of piperazine rings is 1. The summed E-state index contributed by atoms with van der Waals surface area (Å²) in [4.78, 5) is 43.2. The number of hydrogen-bond acceptors (Lipinski definition) is 14. The van der Waals surface area contributed by atoms with Gasteiger partial charge in [-0.15, -0.1) is 0 Å². The van der Waals surface area contributed by atoms with Crippen molar-refractivity contribution in [3.63, 3.8) is 0 Å². The third-order valence-corrected chi connectivity index (χ3v) is 16.9. The lowest BCUT2D eigenvalue weighted by Crippen LogP contribution is -2.60. The number of benzene rings is 3.